The van der Waals surface area contributed by atoms with E-state index in [2.05, 4.69) is 26.0 Å². The number of quaternary nitrogens is 1. The molecule has 3 nitrogen and oxygen atoms in total. The van der Waals surface area contributed by atoms with Gasteiger partial charge in [0.15, 0.2) is 0 Å². The molecule has 2 aliphatic heterocycles. The highest BCUT2D eigenvalue weighted by Crippen LogP contribution is 2.33. The standard InChI is InChI=1S/C17H25NO2.ClH/c1-12-10-14-16(11-13(12)2)20-9-6-15(17(14)19)18-7-4-3-5-8-18;/h10-11,15,17,19H,3-9H2,1-2H3;1H. The highest BCUT2D eigenvalue weighted by Gasteiger charge is 2.35. The first-order chi connectivity index (χ1) is 9.66. The van der Waals surface area contributed by atoms with E-state index < -0.39 is 0 Å². The van der Waals surface area contributed by atoms with Crippen LogP contribution in [0.5, 0.6) is 5.75 Å². The number of aryl methyl sites for hydroxylation is 2. The van der Waals surface area contributed by atoms with Gasteiger partial charge in [-0.25, -0.2) is 0 Å². The van der Waals surface area contributed by atoms with E-state index in [-0.39, 0.29) is 18.5 Å². The predicted molar refractivity (Wildman–Crippen MR) is 79.3 cm³/mol. The average molecular weight is 312 g/mol. The highest BCUT2D eigenvalue weighted by atomic mass is 35.5. The van der Waals surface area contributed by atoms with Crippen LogP contribution in [0.2, 0.25) is 0 Å². The minimum atomic E-state index is -0.389. The van der Waals surface area contributed by atoms with Gasteiger partial charge in [-0.15, -0.1) is 0 Å². The molecule has 0 aromatic heterocycles. The number of aliphatic hydroxyl groups is 1. The lowest BCUT2D eigenvalue weighted by atomic mass is 9.94. The summed E-state index contributed by atoms with van der Waals surface area (Å²) in [5.74, 6) is 0.888. The summed E-state index contributed by atoms with van der Waals surface area (Å²) >= 11 is 0. The van der Waals surface area contributed by atoms with Gasteiger partial charge in [0.25, 0.3) is 0 Å². The first-order valence-corrected chi connectivity index (χ1v) is 7.93. The Balaban J connectivity index is 0.00000161. The molecule has 1 aromatic carbocycles. The number of nitrogens with one attached hydrogen (secondary N) is 1. The van der Waals surface area contributed by atoms with Crippen LogP contribution in [0.25, 0.3) is 0 Å². The largest absolute Gasteiger partial charge is 1.00 e. The fourth-order valence-corrected chi connectivity index (χ4v) is 3.64. The van der Waals surface area contributed by atoms with Gasteiger partial charge in [-0.1, -0.05) is 0 Å². The zero-order chi connectivity index (χ0) is 14.1. The Morgan fingerprint density at radius 3 is 2.48 bits per heavy atom. The van der Waals surface area contributed by atoms with E-state index in [1.165, 1.54) is 43.5 Å². The zero-order valence-corrected chi connectivity index (χ0v) is 13.7. The Morgan fingerprint density at radius 1 is 1.10 bits per heavy atom. The van der Waals surface area contributed by atoms with Gasteiger partial charge in [-0.2, -0.15) is 0 Å². The van der Waals surface area contributed by atoms with E-state index in [1.807, 2.05) is 0 Å². The number of halogens is 1. The number of hydrogen-bond donors (Lipinski definition) is 2. The van der Waals surface area contributed by atoms with Crippen LogP contribution in [0.4, 0.5) is 0 Å². The van der Waals surface area contributed by atoms with Crippen molar-refractivity contribution in [3.05, 3.63) is 28.8 Å². The number of likely N-dealkylation sites (tertiary alicyclic amines) is 1. The molecular weight excluding hydrogens is 286 g/mol. The summed E-state index contributed by atoms with van der Waals surface area (Å²) in [5.41, 5.74) is 3.47. The van der Waals surface area contributed by atoms with Crippen LogP contribution in [0.15, 0.2) is 12.1 Å². The van der Waals surface area contributed by atoms with E-state index in [1.54, 1.807) is 4.90 Å². The van der Waals surface area contributed by atoms with Crippen molar-refractivity contribution in [1.29, 1.82) is 0 Å². The molecule has 2 aliphatic rings. The summed E-state index contributed by atoms with van der Waals surface area (Å²) in [5, 5.41) is 10.9. The molecule has 21 heavy (non-hydrogen) atoms. The van der Waals surface area contributed by atoms with Gasteiger partial charge in [0.05, 0.1) is 19.7 Å². The Hall–Kier alpha value is -0.770. The molecule has 4 heteroatoms. The zero-order valence-electron chi connectivity index (χ0n) is 13.0. The van der Waals surface area contributed by atoms with Crippen LogP contribution in [-0.4, -0.2) is 30.8 Å². The lowest BCUT2D eigenvalue weighted by molar-refractivity contribution is -0.934. The quantitative estimate of drug-likeness (QED) is 0.666. The van der Waals surface area contributed by atoms with E-state index in [9.17, 15) is 5.11 Å². The molecule has 0 radical (unpaired) electrons. The van der Waals surface area contributed by atoms with Crippen molar-refractivity contribution < 1.29 is 27.2 Å². The van der Waals surface area contributed by atoms with Crippen LogP contribution in [0, 0.1) is 13.8 Å². The summed E-state index contributed by atoms with van der Waals surface area (Å²) in [6.07, 6.45) is 4.49. The second-order valence-electron chi connectivity index (χ2n) is 6.38. The van der Waals surface area contributed by atoms with Gasteiger partial charge < -0.3 is 27.2 Å². The average Bonchev–Trinajstić information content (AvgIpc) is 2.61. The number of rotatable bonds is 1. The van der Waals surface area contributed by atoms with Crippen molar-refractivity contribution in [2.45, 2.75) is 51.7 Å². The van der Waals surface area contributed by atoms with Crippen LogP contribution in [0.1, 0.15) is 48.5 Å². The summed E-state index contributed by atoms with van der Waals surface area (Å²) in [6, 6.07) is 4.50. The molecule has 0 spiro atoms. The molecule has 118 valence electrons. The van der Waals surface area contributed by atoms with Crippen LogP contribution >= 0.6 is 0 Å². The van der Waals surface area contributed by atoms with E-state index >= 15 is 0 Å². The van der Waals surface area contributed by atoms with Gasteiger partial charge in [-0.05, 0) is 56.4 Å². The number of benzene rings is 1. The van der Waals surface area contributed by atoms with Crippen molar-refractivity contribution in [2.75, 3.05) is 19.7 Å². The molecule has 2 unspecified atom stereocenters. The fourth-order valence-electron chi connectivity index (χ4n) is 3.64. The predicted octanol–water partition coefficient (Wildman–Crippen LogP) is -1.44. The second kappa shape index (κ2) is 6.99. The smallest absolute Gasteiger partial charge is 0.134 e. The topological polar surface area (TPSA) is 33.9 Å². The van der Waals surface area contributed by atoms with E-state index in [0.717, 1.165) is 24.3 Å². The molecule has 0 saturated carbocycles. The van der Waals surface area contributed by atoms with E-state index in [4.69, 9.17) is 4.74 Å². The lowest BCUT2D eigenvalue weighted by Crippen LogP contribution is -3.17. The van der Waals surface area contributed by atoms with Crippen molar-refractivity contribution in [3.63, 3.8) is 0 Å². The van der Waals surface area contributed by atoms with Gasteiger partial charge in [0, 0.05) is 12.0 Å². The van der Waals surface area contributed by atoms with Crippen molar-refractivity contribution in [3.8, 4) is 5.75 Å². The van der Waals surface area contributed by atoms with Crippen LogP contribution in [0.3, 0.4) is 0 Å². The summed E-state index contributed by atoms with van der Waals surface area (Å²) < 4.78 is 5.90. The Bertz CT molecular complexity index is 486. The molecule has 1 fully saturated rings. The maximum Gasteiger partial charge on any atom is 0.134 e. The third kappa shape index (κ3) is 3.36. The normalized spacial score (nSPS) is 26.2. The molecule has 1 saturated heterocycles. The Labute approximate surface area is 133 Å². The minimum Gasteiger partial charge on any atom is -1.00 e. The first-order valence-electron chi connectivity index (χ1n) is 7.93. The third-order valence-corrected chi connectivity index (χ3v) is 5.03. The Kier molecular flexibility index (Phi) is 5.53. The summed E-state index contributed by atoms with van der Waals surface area (Å²) in [7, 11) is 0. The highest BCUT2D eigenvalue weighted by molar-refractivity contribution is 5.43. The van der Waals surface area contributed by atoms with Crippen molar-refractivity contribution >= 4 is 0 Å². The van der Waals surface area contributed by atoms with Gasteiger partial charge in [-0.3, -0.25) is 0 Å². The molecule has 2 N–H and O–H groups in total. The SMILES string of the molecule is Cc1cc2c(cc1C)C(O)C([NH+]1CCCCC1)CCO2.[Cl-]. The molecule has 0 aliphatic carbocycles. The molecule has 0 bridgehead atoms. The molecular formula is C17H26ClNO2. The summed E-state index contributed by atoms with van der Waals surface area (Å²) in [4.78, 5) is 1.57. The number of aliphatic hydroxyl groups excluding tert-OH is 1. The second-order valence-corrected chi connectivity index (χ2v) is 6.38. The monoisotopic (exact) mass is 311 g/mol. The molecule has 2 heterocycles. The fraction of sp³-hybridized carbons (Fsp3) is 0.647. The number of hydrogen-bond acceptors (Lipinski definition) is 2. The van der Waals surface area contributed by atoms with Gasteiger partial charge in [0.1, 0.15) is 17.9 Å². The number of piperidine rings is 1. The number of fused-ring (bicyclic) bond motifs is 1. The maximum atomic E-state index is 10.9. The van der Waals surface area contributed by atoms with Gasteiger partial charge >= 0.3 is 0 Å². The summed E-state index contributed by atoms with van der Waals surface area (Å²) in [6.45, 7) is 7.32. The number of ether oxygens (including phenoxy) is 1. The minimum absolute atomic E-state index is 0. The molecule has 2 atom stereocenters. The molecule has 3 rings (SSSR count). The van der Waals surface area contributed by atoms with Crippen LogP contribution < -0.4 is 22.0 Å². The first kappa shape index (κ1) is 16.6. The van der Waals surface area contributed by atoms with Crippen LogP contribution in [-0.2, 0) is 0 Å². The molecule has 1 aromatic rings. The maximum absolute atomic E-state index is 10.9. The van der Waals surface area contributed by atoms with Crippen molar-refractivity contribution in [1.82, 2.24) is 0 Å². The van der Waals surface area contributed by atoms with Crippen molar-refractivity contribution in [2.24, 2.45) is 0 Å². The Morgan fingerprint density at radius 2 is 1.76 bits per heavy atom. The van der Waals surface area contributed by atoms with E-state index in [0.29, 0.717) is 6.04 Å². The lowest BCUT2D eigenvalue weighted by Gasteiger charge is -2.33. The van der Waals surface area contributed by atoms with Gasteiger partial charge in [0.2, 0.25) is 0 Å². The molecule has 0 amide bonds. The third-order valence-electron chi connectivity index (χ3n) is 5.03.